The van der Waals surface area contributed by atoms with Crippen molar-refractivity contribution in [2.45, 2.75) is 31.8 Å². The molecule has 0 spiro atoms. The molecule has 0 amide bonds. The summed E-state index contributed by atoms with van der Waals surface area (Å²) in [4.78, 5) is 21.4. The van der Waals surface area contributed by atoms with E-state index in [2.05, 4.69) is 32.3 Å². The predicted octanol–water partition coefficient (Wildman–Crippen LogP) is 2.64. The molecule has 0 unspecified atom stereocenters. The molecule has 1 fully saturated rings. The van der Waals surface area contributed by atoms with E-state index in [0.29, 0.717) is 24.5 Å². The Bertz CT molecular complexity index is 747. The second kappa shape index (κ2) is 7.65. The summed E-state index contributed by atoms with van der Waals surface area (Å²) >= 11 is 5.57. The molecule has 2 aromatic rings. The lowest BCUT2D eigenvalue weighted by atomic mass is 10.0. The van der Waals surface area contributed by atoms with Gasteiger partial charge in [-0.05, 0) is 49.8 Å². The lowest BCUT2D eigenvalue weighted by Gasteiger charge is -2.26. The van der Waals surface area contributed by atoms with Crippen molar-refractivity contribution in [1.29, 1.82) is 0 Å². The van der Waals surface area contributed by atoms with Crippen LogP contribution in [0.15, 0.2) is 36.5 Å². The fraction of sp³-hybridized carbons (Fsp3) is 0.389. The van der Waals surface area contributed by atoms with Gasteiger partial charge in [-0.3, -0.25) is 9.78 Å². The van der Waals surface area contributed by atoms with Crippen molar-refractivity contribution in [3.8, 4) is 0 Å². The van der Waals surface area contributed by atoms with E-state index >= 15 is 0 Å². The number of pyridine rings is 1. The van der Waals surface area contributed by atoms with Crippen molar-refractivity contribution < 1.29 is 9.53 Å². The van der Waals surface area contributed by atoms with E-state index in [1.807, 2.05) is 25.1 Å². The van der Waals surface area contributed by atoms with Crippen molar-refractivity contribution in [1.82, 2.24) is 20.2 Å². The van der Waals surface area contributed by atoms with Gasteiger partial charge in [-0.1, -0.05) is 6.07 Å². The highest BCUT2D eigenvalue weighted by atomic mass is 32.1. The lowest BCUT2D eigenvalue weighted by molar-refractivity contribution is -0.140. The first-order valence-electron chi connectivity index (χ1n) is 8.30. The number of aryl methyl sites for hydroxylation is 1. The SMILES string of the molecule is COC(=O)CCCN1C(=S)N[C@@H](c2ccccn2)[C@@H]1c1ccc(C)[nH]1. The molecule has 0 aliphatic carbocycles. The molecule has 0 radical (unpaired) electrons. The van der Waals surface area contributed by atoms with Crippen molar-refractivity contribution >= 4 is 23.3 Å². The van der Waals surface area contributed by atoms with Gasteiger partial charge in [0.05, 0.1) is 24.9 Å². The Labute approximate surface area is 152 Å². The molecule has 0 bridgehead atoms. The molecule has 2 N–H and O–H groups in total. The summed E-state index contributed by atoms with van der Waals surface area (Å²) in [5, 5.41) is 4.07. The third kappa shape index (κ3) is 3.82. The van der Waals surface area contributed by atoms with E-state index in [-0.39, 0.29) is 18.1 Å². The van der Waals surface area contributed by atoms with Crippen molar-refractivity contribution in [2.24, 2.45) is 0 Å². The summed E-state index contributed by atoms with van der Waals surface area (Å²) in [5.74, 6) is -0.202. The molecule has 25 heavy (non-hydrogen) atoms. The van der Waals surface area contributed by atoms with Crippen LogP contribution in [0.4, 0.5) is 0 Å². The summed E-state index contributed by atoms with van der Waals surface area (Å²) in [6, 6.07) is 9.99. The van der Waals surface area contributed by atoms with Crippen LogP contribution in [0.1, 0.15) is 42.0 Å². The minimum atomic E-state index is -0.202. The highest BCUT2D eigenvalue weighted by Crippen LogP contribution is 2.38. The Morgan fingerprint density at radius 1 is 1.36 bits per heavy atom. The van der Waals surface area contributed by atoms with Gasteiger partial charge in [0, 0.05) is 30.6 Å². The topological polar surface area (TPSA) is 70.2 Å². The number of esters is 1. The van der Waals surface area contributed by atoms with Crippen molar-refractivity contribution in [3.05, 3.63) is 53.6 Å². The predicted molar refractivity (Wildman–Crippen MR) is 98.9 cm³/mol. The Morgan fingerprint density at radius 3 is 2.84 bits per heavy atom. The van der Waals surface area contributed by atoms with E-state index in [4.69, 9.17) is 17.0 Å². The van der Waals surface area contributed by atoms with Gasteiger partial charge >= 0.3 is 5.97 Å². The molecule has 2 atom stereocenters. The van der Waals surface area contributed by atoms with Gasteiger partial charge in [0.2, 0.25) is 0 Å². The number of hydrogen-bond donors (Lipinski definition) is 2. The zero-order valence-corrected chi connectivity index (χ0v) is 15.2. The van der Waals surface area contributed by atoms with Gasteiger partial charge < -0.3 is 19.9 Å². The zero-order chi connectivity index (χ0) is 17.8. The van der Waals surface area contributed by atoms with Gasteiger partial charge in [-0.2, -0.15) is 0 Å². The number of thiocarbonyl (C=S) groups is 1. The Morgan fingerprint density at radius 2 is 2.20 bits per heavy atom. The van der Waals surface area contributed by atoms with Crippen LogP contribution in [0.5, 0.6) is 0 Å². The van der Waals surface area contributed by atoms with Crippen LogP contribution in [-0.4, -0.2) is 39.6 Å². The first-order chi connectivity index (χ1) is 12.1. The molecule has 3 rings (SSSR count). The number of carbonyl (C=O) groups excluding carboxylic acids is 1. The molecule has 7 heteroatoms. The normalized spacial score (nSPS) is 19.8. The number of aromatic amines is 1. The molecule has 132 valence electrons. The third-order valence-electron chi connectivity index (χ3n) is 4.38. The highest BCUT2D eigenvalue weighted by Gasteiger charge is 2.40. The number of ether oxygens (including phenoxy) is 1. The summed E-state index contributed by atoms with van der Waals surface area (Å²) in [6.45, 7) is 2.70. The first-order valence-corrected chi connectivity index (χ1v) is 8.71. The monoisotopic (exact) mass is 358 g/mol. The highest BCUT2D eigenvalue weighted by molar-refractivity contribution is 7.80. The average molecular weight is 358 g/mol. The quantitative estimate of drug-likeness (QED) is 0.611. The lowest BCUT2D eigenvalue weighted by Crippen LogP contribution is -2.31. The van der Waals surface area contributed by atoms with Crippen LogP contribution in [0.2, 0.25) is 0 Å². The van der Waals surface area contributed by atoms with Crippen LogP contribution in [0.25, 0.3) is 0 Å². The molecule has 1 aliphatic rings. The van der Waals surface area contributed by atoms with Gasteiger partial charge in [0.25, 0.3) is 0 Å². The number of carbonyl (C=O) groups is 1. The Kier molecular flexibility index (Phi) is 5.33. The average Bonchev–Trinajstić information content (AvgIpc) is 3.19. The largest absolute Gasteiger partial charge is 0.469 e. The summed E-state index contributed by atoms with van der Waals surface area (Å²) in [6.07, 6.45) is 2.84. The molecule has 0 aromatic carbocycles. The fourth-order valence-corrected chi connectivity index (χ4v) is 3.51. The number of H-pyrrole nitrogens is 1. The van der Waals surface area contributed by atoms with Gasteiger partial charge in [0.15, 0.2) is 5.11 Å². The molecule has 2 aromatic heterocycles. The zero-order valence-electron chi connectivity index (χ0n) is 14.4. The number of nitrogens with zero attached hydrogens (tertiary/aromatic N) is 2. The number of rotatable bonds is 6. The maximum Gasteiger partial charge on any atom is 0.305 e. The molecule has 6 nitrogen and oxygen atoms in total. The smallest absolute Gasteiger partial charge is 0.305 e. The Hall–Kier alpha value is -2.41. The first kappa shape index (κ1) is 17.4. The Balaban J connectivity index is 1.85. The minimum absolute atomic E-state index is 0.00810. The van der Waals surface area contributed by atoms with Gasteiger partial charge in [0.1, 0.15) is 0 Å². The van der Waals surface area contributed by atoms with Crippen LogP contribution in [0.3, 0.4) is 0 Å². The summed E-state index contributed by atoms with van der Waals surface area (Å²) in [5.41, 5.74) is 3.12. The van der Waals surface area contributed by atoms with Crippen molar-refractivity contribution in [2.75, 3.05) is 13.7 Å². The maximum atomic E-state index is 11.4. The van der Waals surface area contributed by atoms with Gasteiger partial charge in [-0.15, -0.1) is 0 Å². The molecule has 3 heterocycles. The second-order valence-corrected chi connectivity index (χ2v) is 6.48. The third-order valence-corrected chi connectivity index (χ3v) is 4.73. The van der Waals surface area contributed by atoms with E-state index in [9.17, 15) is 4.79 Å². The van der Waals surface area contributed by atoms with Crippen LogP contribution in [0, 0.1) is 6.92 Å². The van der Waals surface area contributed by atoms with Gasteiger partial charge in [-0.25, -0.2) is 0 Å². The number of hydrogen-bond acceptors (Lipinski definition) is 4. The van der Waals surface area contributed by atoms with Crippen molar-refractivity contribution in [3.63, 3.8) is 0 Å². The number of aromatic nitrogens is 2. The van der Waals surface area contributed by atoms with Crippen LogP contribution >= 0.6 is 12.2 Å². The molecule has 0 saturated carbocycles. The molecule has 1 aliphatic heterocycles. The molecule has 1 saturated heterocycles. The summed E-state index contributed by atoms with van der Waals surface area (Å²) < 4.78 is 4.72. The van der Waals surface area contributed by atoms with E-state index < -0.39 is 0 Å². The second-order valence-electron chi connectivity index (χ2n) is 6.10. The minimum Gasteiger partial charge on any atom is -0.469 e. The fourth-order valence-electron chi connectivity index (χ4n) is 3.18. The van der Waals surface area contributed by atoms with Crippen LogP contribution < -0.4 is 5.32 Å². The molecular formula is C18H22N4O2S. The number of nitrogens with one attached hydrogen (secondary N) is 2. The standard InChI is InChI=1S/C18H22N4O2S/c1-12-8-9-14(20-12)17-16(13-6-3-4-10-19-13)21-18(25)22(17)11-5-7-15(23)24-2/h3-4,6,8-10,16-17,20H,5,7,11H2,1-2H3,(H,21,25)/t16-,17-/m0/s1. The maximum absolute atomic E-state index is 11.4. The number of methoxy groups -OCH3 is 1. The van der Waals surface area contributed by atoms with E-state index in [0.717, 1.165) is 17.1 Å². The van der Waals surface area contributed by atoms with E-state index in [1.165, 1.54) is 7.11 Å². The molecular weight excluding hydrogens is 336 g/mol. The van der Waals surface area contributed by atoms with Crippen LogP contribution in [-0.2, 0) is 9.53 Å². The summed E-state index contributed by atoms with van der Waals surface area (Å²) in [7, 11) is 1.41. The van der Waals surface area contributed by atoms with E-state index in [1.54, 1.807) is 6.20 Å².